The first kappa shape index (κ1) is 15.4. The number of nitrogens with zero attached hydrogens (tertiary/aromatic N) is 1. The first-order valence-electron chi connectivity index (χ1n) is 5.76. The van der Waals surface area contributed by atoms with Crippen LogP contribution < -0.4 is 5.32 Å². The van der Waals surface area contributed by atoms with Gasteiger partial charge in [-0.2, -0.15) is 11.3 Å². The highest BCUT2D eigenvalue weighted by Crippen LogP contribution is 2.21. The molecule has 104 valence electrons. The Kier molecular flexibility index (Phi) is 5.26. The largest absolute Gasteiger partial charge is 0.384 e. The van der Waals surface area contributed by atoms with Gasteiger partial charge in [-0.05, 0) is 35.4 Å². The summed E-state index contributed by atoms with van der Waals surface area (Å²) in [7, 11) is 1.51. The minimum absolute atomic E-state index is 0.0649. The van der Waals surface area contributed by atoms with Gasteiger partial charge < -0.3 is 15.3 Å². The molecule has 0 aliphatic rings. The molecule has 5 nitrogen and oxygen atoms in total. The van der Waals surface area contributed by atoms with E-state index in [0.29, 0.717) is 0 Å². The number of hydrogen-bond donors (Lipinski definition) is 2. The van der Waals surface area contributed by atoms with Gasteiger partial charge in [-0.15, -0.1) is 0 Å². The van der Waals surface area contributed by atoms with E-state index in [1.54, 1.807) is 6.92 Å². The Hall–Kier alpha value is -1.66. The van der Waals surface area contributed by atoms with Crippen LogP contribution in [0.4, 0.5) is 0 Å². The number of aliphatic hydroxyl groups is 1. The molecule has 2 N–H and O–H groups in total. The van der Waals surface area contributed by atoms with Crippen LogP contribution in [0.25, 0.3) is 0 Å². The molecule has 0 bridgehead atoms. The molecule has 0 radical (unpaired) electrons. The molecular weight excluding hydrogens is 264 g/mol. The summed E-state index contributed by atoms with van der Waals surface area (Å²) in [6.45, 7) is 5.01. The number of hydrogen-bond acceptors (Lipinski definition) is 4. The lowest BCUT2D eigenvalue weighted by Crippen LogP contribution is -2.43. The summed E-state index contributed by atoms with van der Waals surface area (Å²) in [4.78, 5) is 24.1. The van der Waals surface area contributed by atoms with E-state index in [9.17, 15) is 14.7 Å². The van der Waals surface area contributed by atoms with E-state index in [1.807, 2.05) is 16.8 Å². The predicted molar refractivity (Wildman–Crippen MR) is 74.7 cm³/mol. The van der Waals surface area contributed by atoms with Crippen LogP contribution in [0.2, 0.25) is 0 Å². The Morgan fingerprint density at radius 3 is 2.84 bits per heavy atom. The molecule has 1 rings (SSSR count). The normalized spacial score (nSPS) is 13.4. The third kappa shape index (κ3) is 4.50. The Balaban J connectivity index is 2.46. The molecule has 1 aromatic heterocycles. The number of nitrogens with one attached hydrogen (secondary N) is 1. The maximum Gasteiger partial charge on any atom is 0.246 e. The summed E-state index contributed by atoms with van der Waals surface area (Å²) in [6.07, 6.45) is 1.15. The van der Waals surface area contributed by atoms with E-state index in [-0.39, 0.29) is 24.9 Å². The summed E-state index contributed by atoms with van der Waals surface area (Å²) < 4.78 is 0. The Bertz CT molecular complexity index is 454. The Labute approximate surface area is 116 Å². The van der Waals surface area contributed by atoms with E-state index in [1.165, 1.54) is 23.3 Å². The van der Waals surface area contributed by atoms with Crippen molar-refractivity contribution in [1.29, 1.82) is 0 Å². The highest BCUT2D eigenvalue weighted by Gasteiger charge is 2.24. The van der Waals surface area contributed by atoms with Crippen molar-refractivity contribution >= 4 is 23.2 Å². The zero-order valence-corrected chi connectivity index (χ0v) is 11.9. The lowest BCUT2D eigenvalue weighted by molar-refractivity contribution is -0.131. The minimum atomic E-state index is -1.11. The molecule has 0 fully saturated rings. The zero-order valence-electron chi connectivity index (χ0n) is 11.0. The van der Waals surface area contributed by atoms with Crippen molar-refractivity contribution < 1.29 is 14.7 Å². The van der Waals surface area contributed by atoms with Gasteiger partial charge >= 0.3 is 0 Å². The van der Waals surface area contributed by atoms with E-state index in [4.69, 9.17) is 0 Å². The molecule has 1 unspecified atom stereocenters. The number of amides is 2. The molecule has 0 saturated heterocycles. The van der Waals surface area contributed by atoms with Crippen LogP contribution in [0.3, 0.4) is 0 Å². The maximum absolute atomic E-state index is 11.6. The molecule has 0 aliphatic carbocycles. The van der Waals surface area contributed by atoms with Crippen molar-refractivity contribution in [3.05, 3.63) is 35.0 Å². The zero-order chi connectivity index (χ0) is 14.5. The van der Waals surface area contributed by atoms with E-state index in [0.717, 1.165) is 11.6 Å². The average Bonchev–Trinajstić information content (AvgIpc) is 2.90. The van der Waals surface area contributed by atoms with Gasteiger partial charge in [0, 0.05) is 7.05 Å². The second-order valence-corrected chi connectivity index (χ2v) is 5.24. The summed E-state index contributed by atoms with van der Waals surface area (Å²) in [6, 6.07) is 1.81. The van der Waals surface area contributed by atoms with Crippen molar-refractivity contribution in [2.45, 2.75) is 12.5 Å². The van der Waals surface area contributed by atoms with Gasteiger partial charge in [0.15, 0.2) is 0 Å². The minimum Gasteiger partial charge on any atom is -0.384 e. The third-order valence-corrected chi connectivity index (χ3v) is 3.39. The molecule has 0 saturated carbocycles. The SMILES string of the molecule is C=CC(=O)N(C)CC(=O)NCC(C)(O)c1ccsc1. The number of carbonyl (C=O) groups is 2. The fourth-order valence-electron chi connectivity index (χ4n) is 1.45. The Morgan fingerprint density at radius 1 is 1.63 bits per heavy atom. The number of thiophene rings is 1. The maximum atomic E-state index is 11.6. The van der Waals surface area contributed by atoms with Crippen molar-refractivity contribution in [1.82, 2.24) is 10.2 Å². The lowest BCUT2D eigenvalue weighted by Gasteiger charge is -2.23. The summed E-state index contributed by atoms with van der Waals surface area (Å²) >= 11 is 1.48. The standard InChI is InChI=1S/C13H18N2O3S/c1-4-12(17)15(3)7-11(16)14-9-13(2,18)10-5-6-19-8-10/h4-6,8,18H,1,7,9H2,2-3H3,(H,14,16). The summed E-state index contributed by atoms with van der Waals surface area (Å²) in [5, 5.41) is 16.5. The third-order valence-electron chi connectivity index (χ3n) is 2.70. The van der Waals surface area contributed by atoms with Crippen LogP contribution in [-0.4, -0.2) is 42.0 Å². The first-order valence-corrected chi connectivity index (χ1v) is 6.70. The second-order valence-electron chi connectivity index (χ2n) is 4.46. The quantitative estimate of drug-likeness (QED) is 0.755. The molecular formula is C13H18N2O3S. The molecule has 2 amide bonds. The predicted octanol–water partition coefficient (Wildman–Crippen LogP) is 0.716. The van der Waals surface area contributed by atoms with Gasteiger partial charge in [0.25, 0.3) is 0 Å². The monoisotopic (exact) mass is 282 g/mol. The highest BCUT2D eigenvalue weighted by molar-refractivity contribution is 7.08. The average molecular weight is 282 g/mol. The smallest absolute Gasteiger partial charge is 0.246 e. The van der Waals surface area contributed by atoms with E-state index >= 15 is 0 Å². The van der Waals surface area contributed by atoms with Crippen LogP contribution in [0, 0.1) is 0 Å². The van der Waals surface area contributed by atoms with Gasteiger partial charge in [0.05, 0.1) is 13.1 Å². The second kappa shape index (κ2) is 6.49. The van der Waals surface area contributed by atoms with Crippen molar-refractivity contribution in [3.8, 4) is 0 Å². The van der Waals surface area contributed by atoms with Crippen molar-refractivity contribution in [2.75, 3.05) is 20.1 Å². The van der Waals surface area contributed by atoms with Crippen molar-refractivity contribution in [2.24, 2.45) is 0 Å². The van der Waals surface area contributed by atoms with Gasteiger partial charge in [0.1, 0.15) is 5.60 Å². The van der Waals surface area contributed by atoms with Crippen LogP contribution in [0.15, 0.2) is 29.5 Å². The Morgan fingerprint density at radius 2 is 2.32 bits per heavy atom. The molecule has 1 atom stereocenters. The molecule has 19 heavy (non-hydrogen) atoms. The topological polar surface area (TPSA) is 69.6 Å². The highest BCUT2D eigenvalue weighted by atomic mass is 32.1. The molecule has 6 heteroatoms. The van der Waals surface area contributed by atoms with Crippen LogP contribution in [0.1, 0.15) is 12.5 Å². The fourth-order valence-corrected chi connectivity index (χ4v) is 2.23. The number of rotatable bonds is 6. The number of likely N-dealkylation sites (N-methyl/N-ethyl adjacent to an activating group) is 1. The molecule has 0 aromatic carbocycles. The lowest BCUT2D eigenvalue weighted by atomic mass is 9.99. The van der Waals surface area contributed by atoms with Crippen molar-refractivity contribution in [3.63, 3.8) is 0 Å². The van der Waals surface area contributed by atoms with Crippen LogP contribution in [0.5, 0.6) is 0 Å². The van der Waals surface area contributed by atoms with E-state index < -0.39 is 5.60 Å². The van der Waals surface area contributed by atoms with Crippen LogP contribution in [-0.2, 0) is 15.2 Å². The summed E-state index contributed by atoms with van der Waals surface area (Å²) in [5.74, 6) is -0.645. The van der Waals surface area contributed by atoms with Gasteiger partial charge in [-0.1, -0.05) is 6.58 Å². The van der Waals surface area contributed by atoms with Gasteiger partial charge in [-0.3, -0.25) is 9.59 Å². The molecule has 0 spiro atoms. The fraction of sp³-hybridized carbons (Fsp3) is 0.385. The van der Waals surface area contributed by atoms with E-state index in [2.05, 4.69) is 11.9 Å². The summed E-state index contributed by atoms with van der Waals surface area (Å²) in [5.41, 5.74) is -0.357. The molecule has 1 aromatic rings. The first-order chi connectivity index (χ1) is 8.86. The molecule has 1 heterocycles. The van der Waals surface area contributed by atoms with Gasteiger partial charge in [0.2, 0.25) is 11.8 Å². The molecule has 0 aliphatic heterocycles. The number of carbonyl (C=O) groups excluding carboxylic acids is 2. The van der Waals surface area contributed by atoms with Gasteiger partial charge in [-0.25, -0.2) is 0 Å². The van der Waals surface area contributed by atoms with Crippen LogP contribution >= 0.6 is 11.3 Å².